The number of carbonyl (C=O) groups excluding carboxylic acids is 2. The van der Waals surface area contributed by atoms with Crippen molar-refractivity contribution in [3.63, 3.8) is 0 Å². The summed E-state index contributed by atoms with van der Waals surface area (Å²) >= 11 is 0. The molecule has 0 aromatic heterocycles. The molecule has 0 radical (unpaired) electrons. The van der Waals surface area contributed by atoms with Gasteiger partial charge in [0.05, 0.1) is 30.2 Å². The summed E-state index contributed by atoms with van der Waals surface area (Å²) in [5.41, 5.74) is 1.78. The molecule has 0 unspecified atom stereocenters. The van der Waals surface area contributed by atoms with Gasteiger partial charge in [0, 0.05) is 13.6 Å². The highest BCUT2D eigenvalue weighted by atomic mass is 32.2. The minimum atomic E-state index is -4.10. The van der Waals surface area contributed by atoms with Gasteiger partial charge in [-0.3, -0.25) is 0 Å². The fourth-order valence-electron chi connectivity index (χ4n) is 2.88. The second-order valence-electron chi connectivity index (χ2n) is 7.90. The van der Waals surface area contributed by atoms with Gasteiger partial charge in [-0.25, -0.2) is 18.0 Å². The van der Waals surface area contributed by atoms with Gasteiger partial charge in [-0.05, 0) is 34.7 Å². The molecule has 30 heavy (non-hydrogen) atoms. The minimum absolute atomic E-state index is 0.0136. The maximum absolute atomic E-state index is 13.2. The van der Waals surface area contributed by atoms with Crippen molar-refractivity contribution in [2.45, 2.75) is 37.6 Å². The van der Waals surface area contributed by atoms with Crippen LogP contribution in [-0.4, -0.2) is 45.9 Å². The summed E-state index contributed by atoms with van der Waals surface area (Å²) in [7, 11) is -0.333. The SMILES string of the molecule is COC(=O)c1ccc(C(=O)OC)c(S(=O)(=O)N(C)Cc2ccc(C(C)(C)C)cc2)c1. The van der Waals surface area contributed by atoms with E-state index in [4.69, 9.17) is 4.74 Å². The molecule has 0 aliphatic heterocycles. The molecule has 0 saturated heterocycles. The largest absolute Gasteiger partial charge is 0.465 e. The Morgan fingerprint density at radius 2 is 1.50 bits per heavy atom. The molecule has 8 heteroatoms. The van der Waals surface area contributed by atoms with Gasteiger partial charge in [0.2, 0.25) is 10.0 Å². The van der Waals surface area contributed by atoms with E-state index in [1.54, 1.807) is 0 Å². The van der Waals surface area contributed by atoms with E-state index < -0.39 is 22.0 Å². The first-order valence-electron chi connectivity index (χ1n) is 9.28. The smallest absolute Gasteiger partial charge is 0.339 e. The second kappa shape index (κ2) is 8.97. The van der Waals surface area contributed by atoms with E-state index >= 15 is 0 Å². The fourth-order valence-corrected chi connectivity index (χ4v) is 4.24. The standard InChI is InChI=1S/C22H27NO6S/c1-22(2,3)17-10-7-15(8-11-17)14-23(4)30(26,27)19-13-16(20(24)28-5)9-12-18(19)21(25)29-6/h7-13H,14H2,1-6H3. The Morgan fingerprint density at radius 1 is 0.933 bits per heavy atom. The summed E-state index contributed by atoms with van der Waals surface area (Å²) in [5, 5.41) is 0. The predicted octanol–water partition coefficient (Wildman–Crippen LogP) is 3.38. The van der Waals surface area contributed by atoms with Crippen molar-refractivity contribution in [3.8, 4) is 0 Å². The Kier molecular flexibility index (Phi) is 7.05. The average molecular weight is 434 g/mol. The van der Waals surface area contributed by atoms with E-state index in [1.807, 2.05) is 24.3 Å². The number of rotatable bonds is 6. The van der Waals surface area contributed by atoms with Crippen molar-refractivity contribution in [1.82, 2.24) is 4.31 Å². The minimum Gasteiger partial charge on any atom is -0.465 e. The van der Waals surface area contributed by atoms with E-state index in [2.05, 4.69) is 25.5 Å². The molecule has 162 valence electrons. The van der Waals surface area contributed by atoms with Crippen LogP contribution in [0.15, 0.2) is 47.4 Å². The zero-order valence-electron chi connectivity index (χ0n) is 18.1. The van der Waals surface area contributed by atoms with E-state index in [-0.39, 0.29) is 28.0 Å². The second-order valence-corrected chi connectivity index (χ2v) is 9.92. The number of esters is 2. The first-order valence-corrected chi connectivity index (χ1v) is 10.7. The third kappa shape index (κ3) is 5.06. The highest BCUT2D eigenvalue weighted by molar-refractivity contribution is 7.89. The molecular weight excluding hydrogens is 406 g/mol. The van der Waals surface area contributed by atoms with Gasteiger partial charge in [0.25, 0.3) is 0 Å². The van der Waals surface area contributed by atoms with E-state index in [0.717, 1.165) is 28.6 Å². The first kappa shape index (κ1) is 23.6. The highest BCUT2D eigenvalue weighted by Gasteiger charge is 2.29. The quantitative estimate of drug-likeness (QED) is 0.649. The zero-order chi connectivity index (χ0) is 22.7. The van der Waals surface area contributed by atoms with Crippen LogP contribution in [0.25, 0.3) is 0 Å². The van der Waals surface area contributed by atoms with Crippen molar-refractivity contribution in [2.75, 3.05) is 21.3 Å². The molecule has 0 saturated carbocycles. The van der Waals surface area contributed by atoms with Crippen molar-refractivity contribution < 1.29 is 27.5 Å². The molecule has 0 aliphatic carbocycles. The lowest BCUT2D eigenvalue weighted by atomic mass is 9.87. The van der Waals surface area contributed by atoms with Gasteiger partial charge in [-0.1, -0.05) is 45.0 Å². The lowest BCUT2D eigenvalue weighted by Crippen LogP contribution is -2.28. The van der Waals surface area contributed by atoms with Crippen LogP contribution in [0, 0.1) is 0 Å². The summed E-state index contributed by atoms with van der Waals surface area (Å²) in [4.78, 5) is 23.7. The van der Waals surface area contributed by atoms with Crippen molar-refractivity contribution in [3.05, 3.63) is 64.7 Å². The number of methoxy groups -OCH3 is 2. The summed E-state index contributed by atoms with van der Waals surface area (Å²) in [6.07, 6.45) is 0. The van der Waals surface area contributed by atoms with Crippen LogP contribution in [0.1, 0.15) is 52.6 Å². The van der Waals surface area contributed by atoms with E-state index in [9.17, 15) is 18.0 Å². The molecule has 0 amide bonds. The fraction of sp³-hybridized carbons (Fsp3) is 0.364. The van der Waals surface area contributed by atoms with Gasteiger partial charge in [0.15, 0.2) is 0 Å². The Hall–Kier alpha value is -2.71. The first-order chi connectivity index (χ1) is 13.9. The van der Waals surface area contributed by atoms with Crippen molar-refractivity contribution in [1.29, 1.82) is 0 Å². The maximum atomic E-state index is 13.2. The number of hydrogen-bond donors (Lipinski definition) is 0. The van der Waals surface area contributed by atoms with Crippen LogP contribution >= 0.6 is 0 Å². The molecule has 0 bridgehead atoms. The molecule has 0 N–H and O–H groups in total. The average Bonchev–Trinajstić information content (AvgIpc) is 2.71. The lowest BCUT2D eigenvalue weighted by molar-refractivity contribution is 0.0583. The summed E-state index contributed by atoms with van der Waals surface area (Å²) in [6.45, 7) is 6.39. The molecule has 7 nitrogen and oxygen atoms in total. The third-order valence-corrected chi connectivity index (χ3v) is 6.56. The Labute approximate surface area is 177 Å². The van der Waals surface area contributed by atoms with Gasteiger partial charge < -0.3 is 9.47 Å². The van der Waals surface area contributed by atoms with Crippen LogP contribution in [0.4, 0.5) is 0 Å². The van der Waals surface area contributed by atoms with E-state index in [1.165, 1.54) is 26.3 Å². The van der Waals surface area contributed by atoms with Crippen LogP contribution in [0.2, 0.25) is 0 Å². The van der Waals surface area contributed by atoms with Crippen LogP contribution in [0.3, 0.4) is 0 Å². The molecule has 0 spiro atoms. The van der Waals surface area contributed by atoms with Crippen LogP contribution < -0.4 is 0 Å². The Bertz CT molecular complexity index is 1040. The number of ether oxygens (including phenoxy) is 2. The molecule has 0 fully saturated rings. The van der Waals surface area contributed by atoms with Gasteiger partial charge in [0.1, 0.15) is 0 Å². The Balaban J connectivity index is 2.43. The molecule has 2 aromatic carbocycles. The molecule has 2 rings (SSSR count). The van der Waals surface area contributed by atoms with Crippen LogP contribution in [-0.2, 0) is 31.5 Å². The molecule has 0 aliphatic rings. The molecule has 0 atom stereocenters. The van der Waals surface area contributed by atoms with Crippen molar-refractivity contribution >= 4 is 22.0 Å². The van der Waals surface area contributed by atoms with Crippen molar-refractivity contribution in [2.24, 2.45) is 0 Å². The van der Waals surface area contributed by atoms with Gasteiger partial charge in [-0.2, -0.15) is 4.31 Å². The molecule has 2 aromatic rings. The summed E-state index contributed by atoms with van der Waals surface area (Å²) in [6, 6.07) is 11.4. The molecular formula is C22H27NO6S. The number of nitrogens with zero attached hydrogens (tertiary/aromatic N) is 1. The lowest BCUT2D eigenvalue weighted by Gasteiger charge is -2.21. The number of hydrogen-bond acceptors (Lipinski definition) is 6. The number of carbonyl (C=O) groups is 2. The van der Waals surface area contributed by atoms with Gasteiger partial charge >= 0.3 is 11.9 Å². The number of sulfonamides is 1. The van der Waals surface area contributed by atoms with E-state index in [0.29, 0.717) is 0 Å². The van der Waals surface area contributed by atoms with Gasteiger partial charge in [-0.15, -0.1) is 0 Å². The number of benzene rings is 2. The zero-order valence-corrected chi connectivity index (χ0v) is 18.9. The summed E-state index contributed by atoms with van der Waals surface area (Å²) < 4.78 is 37.0. The molecule has 0 heterocycles. The highest BCUT2D eigenvalue weighted by Crippen LogP contribution is 2.25. The summed E-state index contributed by atoms with van der Waals surface area (Å²) in [5.74, 6) is -1.52. The normalized spacial score (nSPS) is 12.0. The topological polar surface area (TPSA) is 90.0 Å². The third-order valence-electron chi connectivity index (χ3n) is 4.72. The van der Waals surface area contributed by atoms with Crippen LogP contribution in [0.5, 0.6) is 0 Å². The maximum Gasteiger partial charge on any atom is 0.339 e. The monoisotopic (exact) mass is 433 g/mol. The Morgan fingerprint density at radius 3 is 2.00 bits per heavy atom. The predicted molar refractivity (Wildman–Crippen MR) is 113 cm³/mol.